The van der Waals surface area contributed by atoms with Gasteiger partial charge in [-0.05, 0) is 37.5 Å². The van der Waals surface area contributed by atoms with Crippen molar-refractivity contribution in [3.05, 3.63) is 106 Å². The smallest absolute Gasteiger partial charge is 0.265 e. The van der Waals surface area contributed by atoms with E-state index < -0.39 is 10.1 Å². The summed E-state index contributed by atoms with van der Waals surface area (Å²) in [7, 11) is -4.00. The summed E-state index contributed by atoms with van der Waals surface area (Å²) >= 11 is 0. The molecule has 1 N–H and O–H groups in total. The molecule has 0 bridgehead atoms. The third-order valence-electron chi connectivity index (χ3n) is 6.59. The van der Waals surface area contributed by atoms with Gasteiger partial charge in [-0.2, -0.15) is 8.42 Å². The van der Waals surface area contributed by atoms with E-state index in [4.69, 9.17) is 0 Å². The minimum Gasteiger partial charge on any atom is -0.286 e. The zero-order chi connectivity index (χ0) is 24.3. The van der Waals surface area contributed by atoms with Crippen LogP contribution in [0.2, 0.25) is 0 Å². The first-order valence-corrected chi connectivity index (χ1v) is 13.3. The first-order valence-electron chi connectivity index (χ1n) is 11.7. The van der Waals surface area contributed by atoms with E-state index in [1.165, 1.54) is 33.4 Å². The first kappa shape index (κ1) is 24.2. The Morgan fingerprint density at radius 1 is 0.882 bits per heavy atom. The van der Waals surface area contributed by atoms with Crippen molar-refractivity contribution in [2.75, 3.05) is 12.3 Å². The van der Waals surface area contributed by atoms with Crippen LogP contribution in [0.3, 0.4) is 0 Å². The molecule has 34 heavy (non-hydrogen) atoms. The van der Waals surface area contributed by atoms with Gasteiger partial charge in [0.05, 0.1) is 12.3 Å². The van der Waals surface area contributed by atoms with Gasteiger partial charge in [0.2, 0.25) is 6.34 Å². The molecular formula is C28H33N2O3S+. The predicted octanol–water partition coefficient (Wildman–Crippen LogP) is 5.23. The van der Waals surface area contributed by atoms with E-state index in [0.717, 1.165) is 6.54 Å². The molecule has 3 aromatic carbocycles. The van der Waals surface area contributed by atoms with Gasteiger partial charge in [-0.3, -0.25) is 14.0 Å². The Morgan fingerprint density at radius 3 is 2.00 bits per heavy atom. The molecule has 3 aromatic rings. The molecule has 0 unspecified atom stereocenters. The van der Waals surface area contributed by atoms with Crippen molar-refractivity contribution in [3.63, 3.8) is 0 Å². The summed E-state index contributed by atoms with van der Waals surface area (Å²) in [5, 5.41) is 0. The quantitative estimate of drug-likeness (QED) is 0.357. The second-order valence-electron chi connectivity index (χ2n) is 9.25. The van der Waals surface area contributed by atoms with Gasteiger partial charge < -0.3 is 0 Å². The lowest BCUT2D eigenvalue weighted by Gasteiger charge is -2.25. The zero-order valence-electron chi connectivity index (χ0n) is 20.1. The summed E-state index contributed by atoms with van der Waals surface area (Å²) in [4.78, 5) is 2.23. The van der Waals surface area contributed by atoms with Crippen LogP contribution in [0.25, 0.3) is 0 Å². The highest BCUT2D eigenvalue weighted by molar-refractivity contribution is 7.85. The van der Waals surface area contributed by atoms with Crippen molar-refractivity contribution in [1.82, 2.24) is 4.90 Å². The Hall–Kier alpha value is -2.96. The van der Waals surface area contributed by atoms with Crippen LogP contribution in [-0.2, 0) is 16.7 Å². The second-order valence-corrected chi connectivity index (χ2v) is 10.8. The molecule has 1 heterocycles. The lowest BCUT2D eigenvalue weighted by Crippen LogP contribution is -2.28. The van der Waals surface area contributed by atoms with Gasteiger partial charge in [-0.15, -0.1) is 0 Å². The molecule has 5 nitrogen and oxygen atoms in total. The molecule has 1 aliphatic heterocycles. The van der Waals surface area contributed by atoms with Crippen LogP contribution in [0.15, 0.2) is 72.8 Å². The van der Waals surface area contributed by atoms with Crippen molar-refractivity contribution in [3.8, 4) is 0 Å². The lowest BCUT2D eigenvalue weighted by molar-refractivity contribution is -0.578. The summed E-state index contributed by atoms with van der Waals surface area (Å²) < 4.78 is 34.4. The maximum absolute atomic E-state index is 11.4. The fraction of sp³-hybridized carbons (Fsp3) is 0.321. The Labute approximate surface area is 203 Å². The molecule has 0 fully saturated rings. The lowest BCUT2D eigenvalue weighted by atomic mass is 9.92. The van der Waals surface area contributed by atoms with Crippen molar-refractivity contribution in [2.45, 2.75) is 45.8 Å². The number of nitrogens with zero attached hydrogens (tertiary/aromatic N) is 2. The number of hydrogen-bond acceptors (Lipinski definition) is 3. The van der Waals surface area contributed by atoms with Gasteiger partial charge in [0.1, 0.15) is 6.54 Å². The largest absolute Gasteiger partial charge is 0.286 e. The highest BCUT2D eigenvalue weighted by Crippen LogP contribution is 2.41. The highest BCUT2D eigenvalue weighted by atomic mass is 32.2. The monoisotopic (exact) mass is 477 g/mol. The summed E-state index contributed by atoms with van der Waals surface area (Å²) in [6.45, 7) is 7.75. The summed E-state index contributed by atoms with van der Waals surface area (Å²) in [5.41, 5.74) is 7.52. The minimum absolute atomic E-state index is 0.0241. The molecule has 0 aromatic heterocycles. The van der Waals surface area contributed by atoms with Crippen LogP contribution in [0.5, 0.6) is 0 Å². The van der Waals surface area contributed by atoms with E-state index in [-0.39, 0.29) is 17.8 Å². The van der Waals surface area contributed by atoms with Gasteiger partial charge in [0.15, 0.2) is 12.1 Å². The molecule has 0 saturated heterocycles. The average Bonchev–Trinajstić information content (AvgIpc) is 3.14. The van der Waals surface area contributed by atoms with E-state index in [2.05, 4.69) is 85.1 Å². The fourth-order valence-electron chi connectivity index (χ4n) is 5.15. The van der Waals surface area contributed by atoms with E-state index in [9.17, 15) is 13.0 Å². The predicted molar refractivity (Wildman–Crippen MR) is 137 cm³/mol. The van der Waals surface area contributed by atoms with Crippen LogP contribution >= 0.6 is 0 Å². The Balaban J connectivity index is 1.77. The average molecular weight is 478 g/mol. The van der Waals surface area contributed by atoms with Gasteiger partial charge in [-0.25, -0.2) is 0 Å². The van der Waals surface area contributed by atoms with E-state index >= 15 is 0 Å². The third kappa shape index (κ3) is 5.57. The summed E-state index contributed by atoms with van der Waals surface area (Å²) in [6.07, 6.45) is 2.51. The molecule has 4 rings (SSSR count). The molecular weight excluding hydrogens is 444 g/mol. The van der Waals surface area contributed by atoms with Crippen LogP contribution in [0.4, 0.5) is 0 Å². The summed E-state index contributed by atoms with van der Waals surface area (Å²) in [5.74, 6) is -0.245. The van der Waals surface area contributed by atoms with E-state index in [1.807, 2.05) is 24.3 Å². The molecule has 2 atom stereocenters. The number of aryl methyl sites for hydroxylation is 3. The molecule has 178 valence electrons. The molecule has 0 saturated carbocycles. The number of rotatable bonds is 8. The Bertz CT molecular complexity index is 1250. The van der Waals surface area contributed by atoms with Crippen LogP contribution in [-0.4, -0.2) is 41.1 Å². The van der Waals surface area contributed by atoms with Gasteiger partial charge in [-0.1, -0.05) is 78.4 Å². The molecule has 0 spiro atoms. The maximum Gasteiger partial charge on any atom is 0.265 e. The molecule has 0 aliphatic carbocycles. The van der Waals surface area contributed by atoms with Crippen molar-refractivity contribution in [2.24, 2.45) is 0 Å². The Morgan fingerprint density at radius 2 is 1.44 bits per heavy atom. The molecule has 6 heteroatoms. The minimum atomic E-state index is -4.00. The van der Waals surface area contributed by atoms with Gasteiger partial charge in [0.25, 0.3) is 10.1 Å². The molecule has 0 amide bonds. The topological polar surface area (TPSA) is 60.6 Å². The van der Waals surface area contributed by atoms with Crippen LogP contribution < -0.4 is 0 Å². The fourth-order valence-corrected chi connectivity index (χ4v) is 5.65. The van der Waals surface area contributed by atoms with Crippen molar-refractivity contribution >= 4 is 16.5 Å². The molecule has 0 radical (unpaired) electrons. The molecule has 1 aliphatic rings. The third-order valence-corrected chi connectivity index (χ3v) is 7.40. The Kier molecular flexibility index (Phi) is 7.19. The van der Waals surface area contributed by atoms with Crippen molar-refractivity contribution < 1.29 is 17.5 Å². The van der Waals surface area contributed by atoms with Crippen molar-refractivity contribution in [1.29, 1.82) is 0 Å². The summed E-state index contributed by atoms with van der Waals surface area (Å²) in [6, 6.07) is 25.4. The standard InChI is InChI=1S/C28H32N2O3S/c1-21-17-22(2)26(23(3)18-21)19-30-20-29(15-10-16-34(31,32)33)27(24-11-6-4-7-12-24)28(30)25-13-8-5-9-14-25/h4-9,11-14,17-18,20,27-28H,10,15-16,19H2,1-3H3/p+1/t27-,28-/m1/s1. The maximum atomic E-state index is 11.4. The zero-order valence-corrected chi connectivity index (χ0v) is 20.9. The van der Waals surface area contributed by atoms with Crippen LogP contribution in [0, 0.1) is 20.8 Å². The van der Waals surface area contributed by atoms with E-state index in [1.54, 1.807) is 0 Å². The first-order chi connectivity index (χ1) is 16.2. The number of benzene rings is 3. The SMILES string of the molecule is Cc1cc(C)c(C[N+]2=CN(CCCS(=O)(=O)O)[C@H](c3ccccc3)[C@H]2c2ccccc2)c(C)c1. The normalized spacial score (nSPS) is 18.2. The second kappa shape index (κ2) is 10.1. The van der Waals surface area contributed by atoms with E-state index in [0.29, 0.717) is 13.0 Å². The number of hydrogen-bond donors (Lipinski definition) is 1. The highest BCUT2D eigenvalue weighted by Gasteiger charge is 2.43. The van der Waals surface area contributed by atoms with Crippen LogP contribution in [0.1, 0.15) is 51.9 Å². The van der Waals surface area contributed by atoms with Gasteiger partial charge in [0, 0.05) is 17.5 Å². The van der Waals surface area contributed by atoms with Gasteiger partial charge >= 0.3 is 0 Å².